The number of carbonyl (C=O) groups excluding carboxylic acids is 1. The van der Waals surface area contributed by atoms with E-state index in [-0.39, 0.29) is 11.7 Å². The molecule has 6 nitrogen and oxygen atoms in total. The second kappa shape index (κ2) is 7.06. The quantitative estimate of drug-likeness (QED) is 0.496. The molecule has 0 radical (unpaired) electrons. The van der Waals surface area contributed by atoms with Crippen molar-refractivity contribution in [3.05, 3.63) is 33.9 Å². The van der Waals surface area contributed by atoms with Crippen LogP contribution in [0.5, 0.6) is 0 Å². The van der Waals surface area contributed by atoms with Gasteiger partial charge in [0.05, 0.1) is 10.8 Å². The molecule has 0 heterocycles. The normalized spacial score (nSPS) is 21.8. The van der Waals surface area contributed by atoms with E-state index < -0.39 is 34.2 Å². The third-order valence-electron chi connectivity index (χ3n) is 4.23. The van der Waals surface area contributed by atoms with Crippen LogP contribution in [0.3, 0.4) is 0 Å². The smallest absolute Gasteiger partial charge is 0.381 e. The zero-order valence-electron chi connectivity index (χ0n) is 12.8. The lowest BCUT2D eigenvalue weighted by Crippen LogP contribution is -2.37. The predicted molar refractivity (Wildman–Crippen MR) is 81.3 cm³/mol. The fourth-order valence-corrected chi connectivity index (χ4v) is 3.05. The van der Waals surface area contributed by atoms with Crippen LogP contribution in [0.4, 0.5) is 24.5 Å². The van der Waals surface area contributed by atoms with Gasteiger partial charge in [0.2, 0.25) is 5.91 Å². The minimum absolute atomic E-state index is 0.0890. The van der Waals surface area contributed by atoms with Gasteiger partial charge in [-0.2, -0.15) is 13.2 Å². The minimum atomic E-state index is -4.84. The second-order valence-electron chi connectivity index (χ2n) is 5.88. The predicted octanol–water partition coefficient (Wildman–Crippen LogP) is 3.46. The summed E-state index contributed by atoms with van der Waals surface area (Å²) < 4.78 is 39.1. The Morgan fingerprint density at radius 2 is 1.92 bits per heavy atom. The summed E-state index contributed by atoms with van der Waals surface area (Å²) >= 11 is 0. The van der Waals surface area contributed by atoms with E-state index in [1.165, 1.54) is 6.07 Å². The van der Waals surface area contributed by atoms with Gasteiger partial charge in [0, 0.05) is 17.8 Å². The van der Waals surface area contributed by atoms with Crippen molar-refractivity contribution in [3.8, 4) is 0 Å². The lowest BCUT2D eigenvalue weighted by atomic mass is 9.93. The number of carbonyl (C=O) groups is 1. The van der Waals surface area contributed by atoms with Gasteiger partial charge < -0.3 is 11.1 Å². The average molecular weight is 345 g/mol. The van der Waals surface area contributed by atoms with Crippen LogP contribution in [0.2, 0.25) is 0 Å². The fourth-order valence-electron chi connectivity index (χ4n) is 3.05. The van der Waals surface area contributed by atoms with E-state index in [0.717, 1.165) is 25.3 Å². The Morgan fingerprint density at radius 3 is 2.50 bits per heavy atom. The first-order valence-electron chi connectivity index (χ1n) is 7.61. The number of nitro groups is 1. The molecule has 0 bridgehead atoms. The largest absolute Gasteiger partial charge is 0.423 e. The monoisotopic (exact) mass is 345 g/mol. The molecule has 0 aromatic heterocycles. The van der Waals surface area contributed by atoms with Gasteiger partial charge in [0.15, 0.2) is 0 Å². The summed E-state index contributed by atoms with van der Waals surface area (Å²) in [6.45, 7) is 0. The highest BCUT2D eigenvalue weighted by atomic mass is 19.4. The molecule has 1 aliphatic rings. The molecule has 0 saturated heterocycles. The number of hydrogen-bond acceptors (Lipinski definition) is 4. The molecule has 2 unspecified atom stereocenters. The summed E-state index contributed by atoms with van der Waals surface area (Å²) in [4.78, 5) is 21.3. The van der Waals surface area contributed by atoms with Crippen molar-refractivity contribution in [2.75, 3.05) is 5.32 Å². The van der Waals surface area contributed by atoms with Crippen LogP contribution in [0.25, 0.3) is 0 Å². The van der Waals surface area contributed by atoms with Crippen molar-refractivity contribution < 1.29 is 22.9 Å². The number of nitrogens with one attached hydrogen (secondary N) is 1. The minimum Gasteiger partial charge on any atom is -0.381 e. The van der Waals surface area contributed by atoms with Crippen LogP contribution >= 0.6 is 0 Å². The highest BCUT2D eigenvalue weighted by molar-refractivity contribution is 5.78. The lowest BCUT2D eigenvalue weighted by molar-refractivity contribution is -0.388. The number of primary amides is 1. The highest BCUT2D eigenvalue weighted by Gasteiger charge is 2.38. The number of halogens is 3. The summed E-state index contributed by atoms with van der Waals surface area (Å²) in [7, 11) is 0. The molecule has 1 saturated carbocycles. The Labute approximate surface area is 136 Å². The Balaban J connectivity index is 2.31. The SMILES string of the molecule is NC(=O)C1CCCCCC1Nc1ccc([N+](=O)[O-])c(C(F)(F)F)c1. The zero-order valence-corrected chi connectivity index (χ0v) is 12.8. The summed E-state index contributed by atoms with van der Waals surface area (Å²) in [6, 6.07) is 2.37. The van der Waals surface area contributed by atoms with Gasteiger partial charge in [0.1, 0.15) is 5.56 Å². The Kier molecular flexibility index (Phi) is 5.30. The molecule has 1 fully saturated rings. The van der Waals surface area contributed by atoms with Crippen LogP contribution in [0.1, 0.15) is 37.7 Å². The third-order valence-corrected chi connectivity index (χ3v) is 4.23. The van der Waals surface area contributed by atoms with Gasteiger partial charge >= 0.3 is 6.18 Å². The fraction of sp³-hybridized carbons (Fsp3) is 0.533. The van der Waals surface area contributed by atoms with Crippen LogP contribution in [-0.2, 0) is 11.0 Å². The van der Waals surface area contributed by atoms with Crippen LogP contribution in [-0.4, -0.2) is 16.9 Å². The van der Waals surface area contributed by atoms with Crippen molar-refractivity contribution >= 4 is 17.3 Å². The topological polar surface area (TPSA) is 98.3 Å². The van der Waals surface area contributed by atoms with E-state index in [9.17, 15) is 28.1 Å². The molecule has 1 aliphatic carbocycles. The molecule has 1 amide bonds. The van der Waals surface area contributed by atoms with Gasteiger partial charge in [-0.3, -0.25) is 14.9 Å². The third kappa shape index (κ3) is 4.15. The summed E-state index contributed by atoms with van der Waals surface area (Å²) in [5, 5.41) is 13.7. The van der Waals surface area contributed by atoms with Gasteiger partial charge in [-0.1, -0.05) is 19.3 Å². The number of hydrogen-bond donors (Lipinski definition) is 2. The van der Waals surface area contributed by atoms with Gasteiger partial charge in [0.25, 0.3) is 5.69 Å². The Morgan fingerprint density at radius 1 is 1.25 bits per heavy atom. The summed E-state index contributed by atoms with van der Waals surface area (Å²) in [6.07, 6.45) is -1.07. The number of benzene rings is 1. The molecule has 3 N–H and O–H groups in total. The molecule has 24 heavy (non-hydrogen) atoms. The first-order valence-corrected chi connectivity index (χ1v) is 7.61. The van der Waals surface area contributed by atoms with Crippen molar-refractivity contribution in [2.45, 2.75) is 44.3 Å². The molecule has 132 valence electrons. The van der Waals surface area contributed by atoms with E-state index in [4.69, 9.17) is 5.73 Å². The van der Waals surface area contributed by atoms with Crippen LogP contribution < -0.4 is 11.1 Å². The van der Waals surface area contributed by atoms with E-state index >= 15 is 0 Å². The number of nitrogens with zero attached hydrogens (tertiary/aromatic N) is 1. The first kappa shape index (κ1) is 18.0. The number of amides is 1. The lowest BCUT2D eigenvalue weighted by Gasteiger charge is -2.25. The molecule has 2 rings (SSSR count). The molecule has 0 spiro atoms. The van der Waals surface area contributed by atoms with E-state index in [0.29, 0.717) is 18.9 Å². The van der Waals surface area contributed by atoms with Crippen molar-refractivity contribution in [1.82, 2.24) is 0 Å². The van der Waals surface area contributed by atoms with Crippen LogP contribution in [0, 0.1) is 16.0 Å². The van der Waals surface area contributed by atoms with Crippen molar-refractivity contribution in [3.63, 3.8) is 0 Å². The molecule has 2 atom stereocenters. The second-order valence-corrected chi connectivity index (χ2v) is 5.88. The van der Waals surface area contributed by atoms with E-state index in [1.54, 1.807) is 0 Å². The standard InChI is InChI=1S/C15H18F3N3O3/c16-15(17,18)11-8-9(6-7-13(11)21(23)24)20-12-5-3-1-2-4-10(12)14(19)22/h6-8,10,12,20H,1-5H2,(H2,19,22). The average Bonchev–Trinajstić information content (AvgIpc) is 2.71. The molecular formula is C15H18F3N3O3. The highest BCUT2D eigenvalue weighted by Crippen LogP contribution is 2.38. The van der Waals surface area contributed by atoms with Gasteiger partial charge in [-0.25, -0.2) is 0 Å². The Bertz CT molecular complexity index is 634. The molecule has 1 aromatic rings. The number of nitrogens with two attached hydrogens (primary N) is 1. The van der Waals surface area contributed by atoms with Crippen molar-refractivity contribution in [2.24, 2.45) is 11.7 Å². The molecular weight excluding hydrogens is 327 g/mol. The number of alkyl halides is 3. The number of nitro benzene ring substituents is 1. The van der Waals surface area contributed by atoms with E-state index in [2.05, 4.69) is 5.32 Å². The summed E-state index contributed by atoms with van der Waals surface area (Å²) in [5.41, 5.74) is 3.17. The Hall–Kier alpha value is -2.32. The van der Waals surface area contributed by atoms with Gasteiger partial charge in [-0.05, 0) is 25.0 Å². The molecule has 1 aromatic carbocycles. The zero-order chi connectivity index (χ0) is 17.9. The number of rotatable bonds is 4. The van der Waals surface area contributed by atoms with Crippen molar-refractivity contribution in [1.29, 1.82) is 0 Å². The maximum atomic E-state index is 13.0. The number of anilines is 1. The summed E-state index contributed by atoms with van der Waals surface area (Å²) in [5.74, 6) is -0.968. The maximum Gasteiger partial charge on any atom is 0.423 e. The molecule has 9 heteroatoms. The molecule has 0 aliphatic heterocycles. The van der Waals surface area contributed by atoms with Gasteiger partial charge in [-0.15, -0.1) is 0 Å². The van der Waals surface area contributed by atoms with Crippen LogP contribution in [0.15, 0.2) is 18.2 Å². The first-order chi connectivity index (χ1) is 11.2. The van der Waals surface area contributed by atoms with E-state index in [1.807, 2.05) is 0 Å². The maximum absolute atomic E-state index is 13.0.